The number of halogens is 1. The van der Waals surface area contributed by atoms with E-state index in [0.717, 1.165) is 16.0 Å². The van der Waals surface area contributed by atoms with E-state index >= 15 is 0 Å². The molecule has 14 heavy (non-hydrogen) atoms. The summed E-state index contributed by atoms with van der Waals surface area (Å²) in [5.74, 6) is 0.779. The summed E-state index contributed by atoms with van der Waals surface area (Å²) >= 11 is 3.49. The van der Waals surface area contributed by atoms with Crippen LogP contribution in [0.4, 0.5) is 0 Å². The molecule has 1 heterocycles. The Hall–Kier alpha value is -1.16. The molecule has 0 radical (unpaired) electrons. The lowest BCUT2D eigenvalue weighted by molar-refractivity contribution is 0.861. The summed E-state index contributed by atoms with van der Waals surface area (Å²) in [5, 5.41) is 4.24. The van der Waals surface area contributed by atoms with Crippen LogP contribution in [0.5, 0.6) is 0 Å². The van der Waals surface area contributed by atoms with Crippen LogP contribution in [0.2, 0.25) is 0 Å². The Morgan fingerprint density at radius 2 is 2.07 bits per heavy atom. The zero-order valence-corrected chi connectivity index (χ0v) is 9.62. The van der Waals surface area contributed by atoms with E-state index in [1.807, 2.05) is 19.1 Å². The second kappa shape index (κ2) is 3.53. The summed E-state index contributed by atoms with van der Waals surface area (Å²) in [7, 11) is 0. The van der Waals surface area contributed by atoms with Gasteiger partial charge in [-0.05, 0) is 31.5 Å². The first-order valence-electron chi connectivity index (χ1n) is 4.31. The fourth-order valence-corrected chi connectivity index (χ4v) is 1.56. The molecule has 1 aromatic heterocycles. The molecular weight excluding hydrogens is 242 g/mol. The van der Waals surface area contributed by atoms with E-state index in [-0.39, 0.29) is 0 Å². The van der Waals surface area contributed by atoms with Crippen LogP contribution in [-0.2, 0) is 0 Å². The van der Waals surface area contributed by atoms with Crippen LogP contribution < -0.4 is 0 Å². The Balaban J connectivity index is 2.47. The molecule has 72 valence electrons. The lowest BCUT2D eigenvalue weighted by Crippen LogP contribution is -1.95. The van der Waals surface area contributed by atoms with Crippen molar-refractivity contribution in [1.82, 2.24) is 14.8 Å². The second-order valence-electron chi connectivity index (χ2n) is 3.17. The van der Waals surface area contributed by atoms with Crippen molar-refractivity contribution in [2.75, 3.05) is 0 Å². The average Bonchev–Trinajstić information content (AvgIpc) is 2.57. The topological polar surface area (TPSA) is 30.7 Å². The summed E-state index contributed by atoms with van der Waals surface area (Å²) in [4.78, 5) is 4.08. The second-order valence-corrected chi connectivity index (χ2v) is 4.02. The van der Waals surface area contributed by atoms with Crippen molar-refractivity contribution in [2.24, 2.45) is 0 Å². The van der Waals surface area contributed by atoms with Gasteiger partial charge in [0, 0.05) is 4.47 Å². The number of aryl methyl sites for hydroxylation is 2. The predicted octanol–water partition coefficient (Wildman–Crippen LogP) is 2.65. The molecule has 0 atom stereocenters. The predicted molar refractivity (Wildman–Crippen MR) is 58.5 cm³/mol. The first-order chi connectivity index (χ1) is 6.66. The molecule has 0 amide bonds. The SMILES string of the molecule is Cc1ncn(-c2ccc(C)c(Br)c2)n1. The van der Waals surface area contributed by atoms with E-state index in [1.165, 1.54) is 5.56 Å². The standard InChI is InChI=1S/C10H10BrN3/c1-7-3-4-9(5-10(7)11)14-6-12-8(2)13-14/h3-6H,1-2H3. The average molecular weight is 252 g/mol. The van der Waals surface area contributed by atoms with Gasteiger partial charge in [-0.3, -0.25) is 0 Å². The third-order valence-corrected chi connectivity index (χ3v) is 2.88. The van der Waals surface area contributed by atoms with Gasteiger partial charge in [-0.1, -0.05) is 22.0 Å². The van der Waals surface area contributed by atoms with E-state index in [0.29, 0.717) is 0 Å². The number of aromatic nitrogens is 3. The maximum absolute atomic E-state index is 4.24. The van der Waals surface area contributed by atoms with E-state index in [9.17, 15) is 0 Å². The van der Waals surface area contributed by atoms with Gasteiger partial charge in [-0.25, -0.2) is 9.67 Å². The van der Waals surface area contributed by atoms with Crippen LogP contribution in [-0.4, -0.2) is 14.8 Å². The van der Waals surface area contributed by atoms with Crippen LogP contribution in [0.25, 0.3) is 5.69 Å². The van der Waals surface area contributed by atoms with Crippen molar-refractivity contribution in [3.63, 3.8) is 0 Å². The molecule has 0 spiro atoms. The van der Waals surface area contributed by atoms with Crippen LogP contribution in [0.15, 0.2) is 29.0 Å². The molecule has 4 heteroatoms. The third-order valence-electron chi connectivity index (χ3n) is 2.03. The number of rotatable bonds is 1. The van der Waals surface area contributed by atoms with Crippen molar-refractivity contribution in [3.8, 4) is 5.69 Å². The Kier molecular flexibility index (Phi) is 2.37. The number of hydrogen-bond donors (Lipinski definition) is 0. The van der Waals surface area contributed by atoms with Crippen LogP contribution in [0, 0.1) is 13.8 Å². The summed E-state index contributed by atoms with van der Waals surface area (Å²) in [6.45, 7) is 3.93. The highest BCUT2D eigenvalue weighted by molar-refractivity contribution is 9.10. The van der Waals surface area contributed by atoms with Crippen molar-refractivity contribution >= 4 is 15.9 Å². The third kappa shape index (κ3) is 1.70. The molecule has 0 aliphatic heterocycles. The van der Waals surface area contributed by atoms with Crippen LogP contribution >= 0.6 is 15.9 Å². The van der Waals surface area contributed by atoms with E-state index in [2.05, 4.69) is 39.0 Å². The molecule has 2 aromatic rings. The fourth-order valence-electron chi connectivity index (χ4n) is 1.19. The largest absolute Gasteiger partial charge is 0.221 e. The Morgan fingerprint density at radius 3 is 2.64 bits per heavy atom. The molecule has 2 rings (SSSR count). The summed E-state index contributed by atoms with van der Waals surface area (Å²) in [6, 6.07) is 6.11. The summed E-state index contributed by atoms with van der Waals surface area (Å²) in [5.41, 5.74) is 2.23. The van der Waals surface area contributed by atoms with Crippen molar-refractivity contribution in [1.29, 1.82) is 0 Å². The summed E-state index contributed by atoms with van der Waals surface area (Å²) < 4.78 is 2.85. The number of nitrogens with zero attached hydrogens (tertiary/aromatic N) is 3. The highest BCUT2D eigenvalue weighted by Crippen LogP contribution is 2.19. The minimum atomic E-state index is 0.779. The van der Waals surface area contributed by atoms with Gasteiger partial charge >= 0.3 is 0 Å². The smallest absolute Gasteiger partial charge is 0.147 e. The molecular formula is C10H10BrN3. The molecule has 1 aromatic carbocycles. The van der Waals surface area contributed by atoms with Gasteiger partial charge < -0.3 is 0 Å². The van der Waals surface area contributed by atoms with E-state index < -0.39 is 0 Å². The molecule has 0 saturated carbocycles. The van der Waals surface area contributed by atoms with Gasteiger partial charge in [-0.2, -0.15) is 5.10 Å². The van der Waals surface area contributed by atoms with Gasteiger partial charge in [0.1, 0.15) is 12.2 Å². The van der Waals surface area contributed by atoms with Crippen molar-refractivity contribution in [2.45, 2.75) is 13.8 Å². The van der Waals surface area contributed by atoms with Gasteiger partial charge in [0.25, 0.3) is 0 Å². The lowest BCUT2D eigenvalue weighted by Gasteiger charge is -2.02. The maximum Gasteiger partial charge on any atom is 0.147 e. The molecule has 0 saturated heterocycles. The highest BCUT2D eigenvalue weighted by Gasteiger charge is 2.01. The first-order valence-corrected chi connectivity index (χ1v) is 5.11. The molecule has 3 nitrogen and oxygen atoms in total. The Bertz CT molecular complexity index is 462. The molecule has 0 fully saturated rings. The van der Waals surface area contributed by atoms with Crippen LogP contribution in [0.1, 0.15) is 11.4 Å². The van der Waals surface area contributed by atoms with Crippen molar-refractivity contribution < 1.29 is 0 Å². The molecule has 0 aliphatic rings. The quantitative estimate of drug-likeness (QED) is 0.781. The Morgan fingerprint density at radius 1 is 1.29 bits per heavy atom. The van der Waals surface area contributed by atoms with Crippen LogP contribution in [0.3, 0.4) is 0 Å². The van der Waals surface area contributed by atoms with Gasteiger partial charge in [0.15, 0.2) is 0 Å². The maximum atomic E-state index is 4.24. The number of hydrogen-bond acceptors (Lipinski definition) is 2. The normalized spacial score (nSPS) is 10.5. The summed E-state index contributed by atoms with van der Waals surface area (Å²) in [6.07, 6.45) is 1.71. The van der Waals surface area contributed by atoms with Gasteiger partial charge in [-0.15, -0.1) is 0 Å². The molecule has 0 bridgehead atoms. The molecule has 0 N–H and O–H groups in total. The molecule has 0 unspecified atom stereocenters. The van der Waals surface area contributed by atoms with Crippen molar-refractivity contribution in [3.05, 3.63) is 40.4 Å². The molecule has 0 aliphatic carbocycles. The minimum Gasteiger partial charge on any atom is -0.221 e. The monoisotopic (exact) mass is 251 g/mol. The first kappa shape index (κ1) is 9.40. The lowest BCUT2D eigenvalue weighted by atomic mass is 10.2. The van der Waals surface area contributed by atoms with Gasteiger partial charge in [0.2, 0.25) is 0 Å². The highest BCUT2D eigenvalue weighted by atomic mass is 79.9. The Labute approximate surface area is 90.9 Å². The minimum absolute atomic E-state index is 0.779. The zero-order valence-electron chi connectivity index (χ0n) is 8.03. The fraction of sp³-hybridized carbons (Fsp3) is 0.200. The van der Waals surface area contributed by atoms with E-state index in [4.69, 9.17) is 0 Å². The van der Waals surface area contributed by atoms with E-state index in [1.54, 1.807) is 11.0 Å². The number of benzene rings is 1. The zero-order chi connectivity index (χ0) is 10.1. The van der Waals surface area contributed by atoms with Gasteiger partial charge in [0.05, 0.1) is 5.69 Å².